The molecular weight excluding hydrogens is 382 g/mol. The standard InChI is InChI=1S/C22H15N5O3/c28-22(15-5-8-20(21(11-15)27(29)30)26-13-23-12-24-26)25-17-6-7-19-16(10-17)9-14-3-1-2-4-18(14)19/h1-8,10-13H,9H2,(H,25,28). The van der Waals surface area contributed by atoms with Crippen LogP contribution in [0.5, 0.6) is 0 Å². The minimum Gasteiger partial charge on any atom is -0.322 e. The van der Waals surface area contributed by atoms with Gasteiger partial charge < -0.3 is 5.32 Å². The first kappa shape index (κ1) is 17.7. The molecule has 0 atom stereocenters. The first-order valence-corrected chi connectivity index (χ1v) is 9.26. The van der Waals surface area contributed by atoms with E-state index in [0.717, 1.165) is 17.5 Å². The number of hydrogen-bond donors (Lipinski definition) is 1. The Morgan fingerprint density at radius 2 is 1.87 bits per heavy atom. The number of nitro groups is 1. The molecule has 1 aliphatic carbocycles. The highest BCUT2D eigenvalue weighted by atomic mass is 16.6. The zero-order valence-corrected chi connectivity index (χ0v) is 15.6. The minimum absolute atomic E-state index is 0.189. The number of carbonyl (C=O) groups is 1. The highest BCUT2D eigenvalue weighted by Gasteiger charge is 2.21. The van der Waals surface area contributed by atoms with Crippen LogP contribution < -0.4 is 5.32 Å². The van der Waals surface area contributed by atoms with Crippen LogP contribution in [-0.4, -0.2) is 25.6 Å². The Morgan fingerprint density at radius 3 is 2.67 bits per heavy atom. The van der Waals surface area contributed by atoms with Gasteiger partial charge in [0.2, 0.25) is 0 Å². The van der Waals surface area contributed by atoms with Crippen molar-refractivity contribution in [2.75, 3.05) is 5.32 Å². The van der Waals surface area contributed by atoms with Gasteiger partial charge in [-0.3, -0.25) is 14.9 Å². The van der Waals surface area contributed by atoms with Crippen LogP contribution in [0.3, 0.4) is 0 Å². The quantitative estimate of drug-likeness (QED) is 0.365. The van der Waals surface area contributed by atoms with Gasteiger partial charge in [-0.15, -0.1) is 0 Å². The molecule has 0 unspecified atom stereocenters. The number of carbonyl (C=O) groups excluding carboxylic acids is 1. The Hall–Kier alpha value is -4.33. The minimum atomic E-state index is -0.541. The normalized spacial score (nSPS) is 11.6. The van der Waals surface area contributed by atoms with Crippen molar-refractivity contribution in [1.82, 2.24) is 14.8 Å². The largest absolute Gasteiger partial charge is 0.322 e. The Balaban J connectivity index is 1.42. The van der Waals surface area contributed by atoms with Crippen molar-refractivity contribution in [3.8, 4) is 16.8 Å². The van der Waals surface area contributed by atoms with E-state index in [1.54, 1.807) is 0 Å². The number of nitrogens with one attached hydrogen (secondary N) is 1. The third kappa shape index (κ3) is 3.00. The van der Waals surface area contributed by atoms with Gasteiger partial charge >= 0.3 is 0 Å². The SMILES string of the molecule is O=C(Nc1ccc2c(c1)Cc1ccccc1-2)c1ccc(-n2cncn2)c([N+](=O)[O-])c1. The van der Waals surface area contributed by atoms with E-state index in [-0.39, 0.29) is 16.9 Å². The number of nitrogens with zero attached hydrogens (tertiary/aromatic N) is 4. The van der Waals surface area contributed by atoms with E-state index in [0.29, 0.717) is 5.69 Å². The first-order valence-electron chi connectivity index (χ1n) is 9.26. The van der Waals surface area contributed by atoms with Gasteiger partial charge in [-0.1, -0.05) is 30.3 Å². The van der Waals surface area contributed by atoms with Gasteiger partial charge in [0, 0.05) is 17.3 Å². The predicted molar refractivity (Wildman–Crippen MR) is 111 cm³/mol. The van der Waals surface area contributed by atoms with Gasteiger partial charge in [0.1, 0.15) is 18.3 Å². The van der Waals surface area contributed by atoms with Crippen molar-refractivity contribution >= 4 is 17.3 Å². The molecule has 0 saturated heterocycles. The molecule has 8 nitrogen and oxygen atoms in total. The van der Waals surface area contributed by atoms with E-state index in [1.807, 2.05) is 30.3 Å². The van der Waals surface area contributed by atoms with Crippen LogP contribution in [0.25, 0.3) is 16.8 Å². The van der Waals surface area contributed by atoms with E-state index < -0.39 is 10.8 Å². The van der Waals surface area contributed by atoms with Crippen LogP contribution in [-0.2, 0) is 6.42 Å². The molecule has 0 radical (unpaired) electrons. The van der Waals surface area contributed by atoms with Crippen LogP contribution in [0.1, 0.15) is 21.5 Å². The van der Waals surface area contributed by atoms with Crippen molar-refractivity contribution in [1.29, 1.82) is 0 Å². The summed E-state index contributed by atoms with van der Waals surface area (Å²) in [5, 5.41) is 18.3. The second kappa shape index (κ2) is 6.93. The van der Waals surface area contributed by atoms with Crippen LogP contribution in [0, 0.1) is 10.1 Å². The van der Waals surface area contributed by atoms with Crippen molar-refractivity contribution in [2.45, 2.75) is 6.42 Å². The number of anilines is 1. The second-order valence-electron chi connectivity index (χ2n) is 6.96. The summed E-state index contributed by atoms with van der Waals surface area (Å²) >= 11 is 0. The maximum absolute atomic E-state index is 12.7. The summed E-state index contributed by atoms with van der Waals surface area (Å²) in [7, 11) is 0. The average molecular weight is 397 g/mol. The van der Waals surface area contributed by atoms with Gasteiger partial charge in [0.15, 0.2) is 0 Å². The van der Waals surface area contributed by atoms with Gasteiger partial charge in [0.25, 0.3) is 11.6 Å². The first-order chi connectivity index (χ1) is 14.6. The molecule has 0 aliphatic heterocycles. The van der Waals surface area contributed by atoms with Crippen LogP contribution in [0.2, 0.25) is 0 Å². The summed E-state index contributed by atoms with van der Waals surface area (Å²) in [5.41, 5.74) is 5.63. The summed E-state index contributed by atoms with van der Waals surface area (Å²) in [5.74, 6) is -0.418. The summed E-state index contributed by atoms with van der Waals surface area (Å²) in [6.45, 7) is 0. The molecule has 146 valence electrons. The Labute approximate surface area is 171 Å². The monoisotopic (exact) mass is 397 g/mol. The molecule has 0 spiro atoms. The topological polar surface area (TPSA) is 103 Å². The van der Waals surface area contributed by atoms with Crippen molar-refractivity contribution in [3.63, 3.8) is 0 Å². The van der Waals surface area contributed by atoms with E-state index in [2.05, 4.69) is 27.5 Å². The van der Waals surface area contributed by atoms with Crippen molar-refractivity contribution < 1.29 is 9.72 Å². The lowest BCUT2D eigenvalue weighted by Crippen LogP contribution is -2.13. The number of rotatable bonds is 4. The molecule has 1 aromatic heterocycles. The van der Waals surface area contributed by atoms with E-state index >= 15 is 0 Å². The molecule has 0 bridgehead atoms. The van der Waals surface area contributed by atoms with Crippen molar-refractivity contribution in [2.24, 2.45) is 0 Å². The summed E-state index contributed by atoms with van der Waals surface area (Å²) in [6, 6.07) is 18.3. The van der Waals surface area contributed by atoms with E-state index in [1.165, 1.54) is 46.7 Å². The van der Waals surface area contributed by atoms with E-state index in [4.69, 9.17) is 0 Å². The average Bonchev–Trinajstić information content (AvgIpc) is 3.41. The molecule has 3 aromatic carbocycles. The zero-order chi connectivity index (χ0) is 20.7. The van der Waals surface area contributed by atoms with Crippen LogP contribution >= 0.6 is 0 Å². The Bertz CT molecular complexity index is 1300. The smallest absolute Gasteiger partial charge is 0.295 e. The maximum atomic E-state index is 12.7. The molecule has 0 fully saturated rings. The number of benzene rings is 3. The van der Waals surface area contributed by atoms with Gasteiger partial charge in [-0.25, -0.2) is 9.67 Å². The van der Waals surface area contributed by atoms with Gasteiger partial charge in [-0.2, -0.15) is 5.10 Å². The highest BCUT2D eigenvalue weighted by Crippen LogP contribution is 2.37. The number of aromatic nitrogens is 3. The molecule has 1 heterocycles. The number of amides is 1. The van der Waals surface area contributed by atoms with Gasteiger partial charge in [0.05, 0.1) is 4.92 Å². The lowest BCUT2D eigenvalue weighted by Gasteiger charge is -2.09. The second-order valence-corrected chi connectivity index (χ2v) is 6.96. The molecule has 30 heavy (non-hydrogen) atoms. The van der Waals surface area contributed by atoms with E-state index in [9.17, 15) is 14.9 Å². The number of nitro benzene ring substituents is 1. The molecule has 8 heteroatoms. The summed E-state index contributed by atoms with van der Waals surface area (Å²) in [4.78, 5) is 27.5. The number of fused-ring (bicyclic) bond motifs is 3. The number of hydrogen-bond acceptors (Lipinski definition) is 5. The maximum Gasteiger partial charge on any atom is 0.295 e. The summed E-state index contributed by atoms with van der Waals surface area (Å²) in [6.07, 6.45) is 3.47. The third-order valence-electron chi connectivity index (χ3n) is 5.15. The highest BCUT2D eigenvalue weighted by molar-refractivity contribution is 6.05. The molecule has 4 aromatic rings. The molecular formula is C22H15N5O3. The fraction of sp³-hybridized carbons (Fsp3) is 0.0455. The van der Waals surface area contributed by atoms with Gasteiger partial charge in [-0.05, 0) is 52.9 Å². The molecule has 0 saturated carbocycles. The fourth-order valence-corrected chi connectivity index (χ4v) is 3.76. The third-order valence-corrected chi connectivity index (χ3v) is 5.15. The lowest BCUT2D eigenvalue weighted by molar-refractivity contribution is -0.384. The van der Waals surface area contributed by atoms with Crippen LogP contribution in [0.4, 0.5) is 11.4 Å². The lowest BCUT2D eigenvalue weighted by atomic mass is 10.1. The van der Waals surface area contributed by atoms with Crippen LogP contribution in [0.15, 0.2) is 73.3 Å². The Morgan fingerprint density at radius 1 is 1.03 bits per heavy atom. The molecule has 1 N–H and O–H groups in total. The van der Waals surface area contributed by atoms with Crippen molar-refractivity contribution in [3.05, 3.63) is 100 Å². The Kier molecular flexibility index (Phi) is 4.10. The fourth-order valence-electron chi connectivity index (χ4n) is 3.76. The molecule has 1 aliphatic rings. The zero-order valence-electron chi connectivity index (χ0n) is 15.6. The molecule has 1 amide bonds. The molecule has 5 rings (SSSR count). The predicted octanol–water partition coefficient (Wildman–Crippen LogP) is 4.00. The summed E-state index contributed by atoms with van der Waals surface area (Å²) < 4.78 is 1.29.